The van der Waals surface area contributed by atoms with Crippen LogP contribution in [0.2, 0.25) is 0 Å². The molecule has 18 heavy (non-hydrogen) atoms. The van der Waals surface area contributed by atoms with Crippen LogP contribution < -0.4 is 10.6 Å². The molecule has 0 aromatic carbocycles. The Morgan fingerprint density at radius 1 is 1.39 bits per heavy atom. The minimum Gasteiger partial charge on any atom is -0.375 e. The summed E-state index contributed by atoms with van der Waals surface area (Å²) >= 11 is 1.43. The maximum absolute atomic E-state index is 5.62. The van der Waals surface area contributed by atoms with Crippen LogP contribution in [0.25, 0.3) is 11.3 Å². The van der Waals surface area contributed by atoms with Gasteiger partial charge < -0.3 is 10.6 Å². The molecule has 1 fully saturated rings. The van der Waals surface area contributed by atoms with E-state index < -0.39 is 0 Å². The summed E-state index contributed by atoms with van der Waals surface area (Å²) in [5.41, 5.74) is 7.38. The van der Waals surface area contributed by atoms with Gasteiger partial charge in [-0.3, -0.25) is 0 Å². The van der Waals surface area contributed by atoms with Gasteiger partial charge in [-0.25, -0.2) is 15.0 Å². The number of hydrogen-bond acceptors (Lipinski definition) is 6. The first-order chi connectivity index (χ1) is 8.74. The van der Waals surface area contributed by atoms with Crippen LogP contribution in [0.3, 0.4) is 0 Å². The van der Waals surface area contributed by atoms with E-state index in [0.717, 1.165) is 23.8 Å². The Labute approximate surface area is 110 Å². The summed E-state index contributed by atoms with van der Waals surface area (Å²) in [6.07, 6.45) is 6.08. The van der Waals surface area contributed by atoms with Crippen molar-refractivity contribution in [3.63, 3.8) is 0 Å². The minimum atomic E-state index is 0.533. The lowest BCUT2D eigenvalue weighted by Gasteiger charge is -2.20. The van der Waals surface area contributed by atoms with Crippen LogP contribution in [0, 0.1) is 0 Å². The van der Waals surface area contributed by atoms with E-state index in [4.69, 9.17) is 5.73 Å². The molecular formula is C12H15N5S. The normalized spacial score (nSPS) is 19.4. The predicted octanol–water partition coefficient (Wildman–Crippen LogP) is 2.17. The maximum atomic E-state index is 5.62. The molecule has 6 heteroatoms. The topological polar surface area (TPSA) is 67.9 Å². The second-order valence-electron chi connectivity index (χ2n) is 4.53. The molecule has 3 rings (SSSR count). The fraction of sp³-hybridized carbons (Fsp3) is 0.417. The second-order valence-corrected chi connectivity index (χ2v) is 5.42. The molecule has 5 nitrogen and oxygen atoms in total. The van der Waals surface area contributed by atoms with E-state index >= 15 is 0 Å². The molecule has 1 saturated heterocycles. The van der Waals surface area contributed by atoms with E-state index in [-0.39, 0.29) is 0 Å². The number of nitrogens with zero attached hydrogens (tertiary/aromatic N) is 4. The molecule has 94 valence electrons. The van der Waals surface area contributed by atoms with E-state index in [0.29, 0.717) is 11.2 Å². The quantitative estimate of drug-likeness (QED) is 0.897. The van der Waals surface area contributed by atoms with Gasteiger partial charge in [0.2, 0.25) is 5.95 Å². The third-order valence-corrected chi connectivity index (χ3v) is 3.94. The predicted molar refractivity (Wildman–Crippen MR) is 73.6 cm³/mol. The molecule has 1 atom stereocenters. The van der Waals surface area contributed by atoms with Crippen molar-refractivity contribution in [2.45, 2.75) is 25.8 Å². The number of aromatic nitrogens is 3. The van der Waals surface area contributed by atoms with Gasteiger partial charge in [0.1, 0.15) is 0 Å². The van der Waals surface area contributed by atoms with Crippen molar-refractivity contribution in [1.29, 1.82) is 0 Å². The van der Waals surface area contributed by atoms with Crippen molar-refractivity contribution in [2.24, 2.45) is 0 Å². The van der Waals surface area contributed by atoms with Crippen molar-refractivity contribution in [3.8, 4) is 11.3 Å². The van der Waals surface area contributed by atoms with Gasteiger partial charge in [0.15, 0.2) is 5.13 Å². The molecule has 0 amide bonds. The van der Waals surface area contributed by atoms with Crippen molar-refractivity contribution >= 4 is 22.4 Å². The van der Waals surface area contributed by atoms with Crippen LogP contribution in [-0.2, 0) is 0 Å². The lowest BCUT2D eigenvalue weighted by molar-refractivity contribution is 0.717. The lowest BCUT2D eigenvalue weighted by Crippen LogP contribution is -2.28. The van der Waals surface area contributed by atoms with Crippen molar-refractivity contribution in [1.82, 2.24) is 15.0 Å². The van der Waals surface area contributed by atoms with Crippen molar-refractivity contribution < 1.29 is 0 Å². The van der Waals surface area contributed by atoms with Gasteiger partial charge >= 0.3 is 0 Å². The highest BCUT2D eigenvalue weighted by atomic mass is 32.1. The summed E-state index contributed by atoms with van der Waals surface area (Å²) in [5, 5.41) is 2.49. The smallest absolute Gasteiger partial charge is 0.225 e. The summed E-state index contributed by atoms with van der Waals surface area (Å²) in [4.78, 5) is 15.3. The molecule has 0 saturated carbocycles. The Kier molecular flexibility index (Phi) is 2.87. The third-order valence-electron chi connectivity index (χ3n) is 3.27. The molecular weight excluding hydrogens is 246 g/mol. The average molecular weight is 261 g/mol. The Morgan fingerprint density at radius 3 is 2.72 bits per heavy atom. The van der Waals surface area contributed by atoms with E-state index in [1.165, 1.54) is 24.2 Å². The Morgan fingerprint density at radius 2 is 2.17 bits per heavy atom. The van der Waals surface area contributed by atoms with Crippen molar-refractivity contribution in [3.05, 3.63) is 17.8 Å². The zero-order chi connectivity index (χ0) is 12.5. The second kappa shape index (κ2) is 4.53. The van der Waals surface area contributed by atoms with Gasteiger partial charge in [0, 0.05) is 35.9 Å². The van der Waals surface area contributed by atoms with Gasteiger partial charge in [-0.15, -0.1) is 11.3 Å². The Bertz CT molecular complexity index is 536. The minimum absolute atomic E-state index is 0.533. The van der Waals surface area contributed by atoms with Crippen LogP contribution >= 0.6 is 11.3 Å². The first-order valence-corrected chi connectivity index (χ1v) is 6.92. The summed E-state index contributed by atoms with van der Waals surface area (Å²) < 4.78 is 0. The molecule has 0 bridgehead atoms. The summed E-state index contributed by atoms with van der Waals surface area (Å²) in [5.74, 6) is 0.812. The van der Waals surface area contributed by atoms with Crippen LogP contribution in [0.5, 0.6) is 0 Å². The number of anilines is 2. The number of rotatable bonds is 2. The molecule has 0 radical (unpaired) electrons. The Balaban J connectivity index is 1.85. The standard InChI is InChI=1S/C12H15N5S/c1-8-3-2-4-17(8)12-14-5-9(6-15-12)10-7-18-11(13)16-10/h5-8H,2-4H2,1H3,(H2,13,16). The summed E-state index contributed by atoms with van der Waals surface area (Å²) in [7, 11) is 0. The molecule has 2 N–H and O–H groups in total. The van der Waals surface area contributed by atoms with Crippen LogP contribution in [0.4, 0.5) is 11.1 Å². The average Bonchev–Trinajstić information content (AvgIpc) is 2.98. The molecule has 2 aromatic heterocycles. The highest BCUT2D eigenvalue weighted by Gasteiger charge is 2.22. The fourth-order valence-corrected chi connectivity index (χ4v) is 2.82. The van der Waals surface area contributed by atoms with E-state index in [2.05, 4.69) is 26.8 Å². The number of nitrogen functional groups attached to an aromatic ring is 1. The molecule has 1 aliphatic rings. The fourth-order valence-electron chi connectivity index (χ4n) is 2.25. The van der Waals surface area contributed by atoms with Crippen LogP contribution in [-0.4, -0.2) is 27.5 Å². The largest absolute Gasteiger partial charge is 0.375 e. The maximum Gasteiger partial charge on any atom is 0.225 e. The van der Waals surface area contributed by atoms with Gasteiger partial charge in [-0.2, -0.15) is 0 Å². The first-order valence-electron chi connectivity index (χ1n) is 6.04. The molecule has 1 aliphatic heterocycles. The number of hydrogen-bond donors (Lipinski definition) is 1. The van der Waals surface area contributed by atoms with Crippen LogP contribution in [0.15, 0.2) is 17.8 Å². The third kappa shape index (κ3) is 2.03. The zero-order valence-corrected chi connectivity index (χ0v) is 11.0. The molecule has 0 aliphatic carbocycles. The van der Waals surface area contributed by atoms with Crippen molar-refractivity contribution in [2.75, 3.05) is 17.2 Å². The molecule has 3 heterocycles. The van der Waals surface area contributed by atoms with E-state index in [1.807, 2.05) is 17.8 Å². The summed E-state index contributed by atoms with van der Waals surface area (Å²) in [6.45, 7) is 3.26. The van der Waals surface area contributed by atoms with Gasteiger partial charge in [0.25, 0.3) is 0 Å². The highest BCUT2D eigenvalue weighted by molar-refractivity contribution is 7.13. The highest BCUT2D eigenvalue weighted by Crippen LogP contribution is 2.25. The first kappa shape index (κ1) is 11.4. The number of thiazole rings is 1. The zero-order valence-electron chi connectivity index (χ0n) is 10.2. The van der Waals surface area contributed by atoms with Gasteiger partial charge in [0.05, 0.1) is 5.69 Å². The summed E-state index contributed by atoms with van der Waals surface area (Å²) in [6, 6.07) is 0.533. The van der Waals surface area contributed by atoms with Gasteiger partial charge in [-0.1, -0.05) is 0 Å². The molecule has 2 aromatic rings. The van der Waals surface area contributed by atoms with E-state index in [9.17, 15) is 0 Å². The Hall–Kier alpha value is -1.69. The molecule has 1 unspecified atom stereocenters. The lowest BCUT2D eigenvalue weighted by atomic mass is 10.2. The monoisotopic (exact) mass is 261 g/mol. The van der Waals surface area contributed by atoms with E-state index in [1.54, 1.807) is 0 Å². The molecule has 0 spiro atoms. The van der Waals surface area contributed by atoms with Crippen LogP contribution in [0.1, 0.15) is 19.8 Å². The van der Waals surface area contributed by atoms with Gasteiger partial charge in [-0.05, 0) is 19.8 Å². The SMILES string of the molecule is CC1CCCN1c1ncc(-c2csc(N)n2)cn1. The number of nitrogens with two attached hydrogens (primary N) is 1.